The topological polar surface area (TPSA) is 37.4 Å². The van der Waals surface area contributed by atoms with Gasteiger partial charge >= 0.3 is 0 Å². The van der Waals surface area contributed by atoms with Gasteiger partial charge in [-0.1, -0.05) is 31.4 Å². The number of carbonyl (C=O) groups excluding carboxylic acids is 2. The predicted molar refractivity (Wildman–Crippen MR) is 59.0 cm³/mol. The van der Waals surface area contributed by atoms with Crippen molar-refractivity contribution in [1.29, 1.82) is 0 Å². The number of hydrogen-bond acceptors (Lipinski definition) is 2. The predicted octanol–water partition coefficient (Wildman–Crippen LogP) is 1.82. The van der Waals surface area contributed by atoms with Crippen molar-refractivity contribution in [2.24, 2.45) is 0 Å². The number of hydrogen-bond donors (Lipinski definition) is 0. The Bertz CT molecular complexity index is 313. The molecule has 0 atom stereocenters. The van der Waals surface area contributed by atoms with E-state index in [9.17, 15) is 9.59 Å². The molecule has 1 heterocycles. The summed E-state index contributed by atoms with van der Waals surface area (Å²) in [6, 6.07) is 0. The SMILES string of the molecule is C=C/C=C(\C=C)CN1C(=O)CCCC1=O. The molecule has 0 bridgehead atoms. The maximum atomic E-state index is 11.5. The summed E-state index contributed by atoms with van der Waals surface area (Å²) in [5.74, 6) is -0.189. The fourth-order valence-corrected chi connectivity index (χ4v) is 1.50. The van der Waals surface area contributed by atoms with Gasteiger partial charge in [-0.25, -0.2) is 0 Å². The summed E-state index contributed by atoms with van der Waals surface area (Å²) in [6.07, 6.45) is 6.60. The fraction of sp³-hybridized carbons (Fsp3) is 0.333. The smallest absolute Gasteiger partial charge is 0.229 e. The Balaban J connectivity index is 2.73. The van der Waals surface area contributed by atoms with Crippen LogP contribution in [0.15, 0.2) is 37.0 Å². The third kappa shape index (κ3) is 2.91. The molecule has 0 aromatic rings. The normalized spacial score (nSPS) is 17.9. The molecular formula is C12H15NO2. The highest BCUT2D eigenvalue weighted by atomic mass is 16.2. The second-order valence-electron chi connectivity index (χ2n) is 3.41. The van der Waals surface area contributed by atoms with Crippen molar-refractivity contribution in [1.82, 2.24) is 4.90 Å². The second-order valence-corrected chi connectivity index (χ2v) is 3.41. The quantitative estimate of drug-likeness (QED) is 0.518. The number of carbonyl (C=O) groups is 2. The van der Waals surface area contributed by atoms with Crippen molar-refractivity contribution in [3.63, 3.8) is 0 Å². The number of piperidine rings is 1. The third-order valence-corrected chi connectivity index (χ3v) is 2.32. The first-order valence-electron chi connectivity index (χ1n) is 4.96. The second kappa shape index (κ2) is 5.29. The average Bonchev–Trinajstić information content (AvgIpc) is 2.22. The van der Waals surface area contributed by atoms with Crippen molar-refractivity contribution < 1.29 is 9.59 Å². The molecular weight excluding hydrogens is 190 g/mol. The molecule has 15 heavy (non-hydrogen) atoms. The Morgan fingerprint density at radius 1 is 1.27 bits per heavy atom. The van der Waals surface area contributed by atoms with Crippen LogP contribution in [0.3, 0.4) is 0 Å². The molecule has 0 aromatic carbocycles. The number of likely N-dealkylation sites (tertiary alicyclic amines) is 1. The first kappa shape index (κ1) is 11.4. The molecule has 0 spiro atoms. The van der Waals surface area contributed by atoms with Crippen LogP contribution in [0.5, 0.6) is 0 Å². The van der Waals surface area contributed by atoms with Gasteiger partial charge in [-0.05, 0) is 12.0 Å². The van der Waals surface area contributed by atoms with Gasteiger partial charge in [0.2, 0.25) is 11.8 Å². The van der Waals surface area contributed by atoms with E-state index >= 15 is 0 Å². The summed E-state index contributed by atoms with van der Waals surface area (Å²) in [6.45, 7) is 7.51. The Kier molecular flexibility index (Phi) is 4.03. The van der Waals surface area contributed by atoms with Gasteiger partial charge in [0.25, 0.3) is 0 Å². The first-order valence-corrected chi connectivity index (χ1v) is 4.96. The maximum Gasteiger partial charge on any atom is 0.229 e. The molecule has 1 aliphatic rings. The number of nitrogens with zero attached hydrogens (tertiary/aromatic N) is 1. The molecule has 3 nitrogen and oxygen atoms in total. The van der Waals surface area contributed by atoms with Crippen LogP contribution in [0, 0.1) is 0 Å². The van der Waals surface area contributed by atoms with E-state index in [1.54, 1.807) is 18.2 Å². The van der Waals surface area contributed by atoms with Crippen LogP contribution in [0.1, 0.15) is 19.3 Å². The third-order valence-electron chi connectivity index (χ3n) is 2.32. The molecule has 1 rings (SSSR count). The van der Waals surface area contributed by atoms with Gasteiger partial charge < -0.3 is 0 Å². The first-order chi connectivity index (χ1) is 7.19. The largest absolute Gasteiger partial charge is 0.278 e. The monoisotopic (exact) mass is 205 g/mol. The number of imide groups is 1. The minimum absolute atomic E-state index is 0.0944. The summed E-state index contributed by atoms with van der Waals surface area (Å²) in [4.78, 5) is 24.2. The van der Waals surface area contributed by atoms with Crippen LogP contribution in [0.4, 0.5) is 0 Å². The minimum Gasteiger partial charge on any atom is -0.278 e. The lowest BCUT2D eigenvalue weighted by Crippen LogP contribution is -2.41. The van der Waals surface area contributed by atoms with Crippen molar-refractivity contribution in [3.05, 3.63) is 37.0 Å². The van der Waals surface area contributed by atoms with E-state index in [4.69, 9.17) is 0 Å². The van der Waals surface area contributed by atoms with E-state index in [2.05, 4.69) is 13.2 Å². The molecule has 0 radical (unpaired) electrons. The lowest BCUT2D eigenvalue weighted by atomic mass is 10.1. The maximum absolute atomic E-state index is 11.5. The molecule has 0 aliphatic carbocycles. The van der Waals surface area contributed by atoms with E-state index in [0.717, 1.165) is 5.57 Å². The van der Waals surface area contributed by atoms with Gasteiger partial charge in [0.1, 0.15) is 0 Å². The Morgan fingerprint density at radius 2 is 1.87 bits per heavy atom. The average molecular weight is 205 g/mol. The van der Waals surface area contributed by atoms with Crippen molar-refractivity contribution >= 4 is 11.8 Å². The van der Waals surface area contributed by atoms with Crippen LogP contribution in [0.25, 0.3) is 0 Å². The highest BCUT2D eigenvalue weighted by molar-refractivity contribution is 5.97. The summed E-state index contributed by atoms with van der Waals surface area (Å²) in [5.41, 5.74) is 0.827. The van der Waals surface area contributed by atoms with Gasteiger partial charge in [0, 0.05) is 12.8 Å². The number of amides is 2. The molecule has 3 heteroatoms. The zero-order valence-corrected chi connectivity index (χ0v) is 8.74. The molecule has 0 N–H and O–H groups in total. The van der Waals surface area contributed by atoms with E-state index in [0.29, 0.717) is 25.8 Å². The van der Waals surface area contributed by atoms with Crippen molar-refractivity contribution in [2.45, 2.75) is 19.3 Å². The van der Waals surface area contributed by atoms with Crippen LogP contribution in [-0.2, 0) is 9.59 Å². The fourth-order valence-electron chi connectivity index (χ4n) is 1.50. The Hall–Kier alpha value is -1.64. The zero-order chi connectivity index (χ0) is 11.3. The molecule has 0 unspecified atom stereocenters. The van der Waals surface area contributed by atoms with Gasteiger partial charge in [-0.2, -0.15) is 0 Å². The van der Waals surface area contributed by atoms with Gasteiger partial charge in [0.15, 0.2) is 0 Å². The number of allylic oxidation sites excluding steroid dienone is 2. The van der Waals surface area contributed by atoms with Crippen LogP contribution >= 0.6 is 0 Å². The standard InChI is InChI=1S/C12H15NO2/c1-3-6-10(4-2)9-13-11(14)7-5-8-12(13)15/h3-4,6H,1-2,5,7-9H2/b10-6+. The molecule has 1 saturated heterocycles. The van der Waals surface area contributed by atoms with Crippen molar-refractivity contribution in [3.8, 4) is 0 Å². The van der Waals surface area contributed by atoms with Gasteiger partial charge in [-0.15, -0.1) is 0 Å². The summed E-state index contributed by atoms with van der Waals surface area (Å²) in [5, 5.41) is 0. The number of rotatable bonds is 4. The molecule has 2 amide bonds. The minimum atomic E-state index is -0.0944. The molecule has 0 saturated carbocycles. The lowest BCUT2D eigenvalue weighted by molar-refractivity contribution is -0.147. The highest BCUT2D eigenvalue weighted by Gasteiger charge is 2.25. The molecule has 80 valence electrons. The van der Waals surface area contributed by atoms with Gasteiger partial charge in [0.05, 0.1) is 6.54 Å². The molecule has 0 aromatic heterocycles. The zero-order valence-electron chi connectivity index (χ0n) is 8.74. The van der Waals surface area contributed by atoms with E-state index in [1.165, 1.54) is 4.90 Å². The highest BCUT2D eigenvalue weighted by Crippen LogP contribution is 2.14. The molecule has 1 fully saturated rings. The summed E-state index contributed by atoms with van der Waals surface area (Å²) >= 11 is 0. The van der Waals surface area contributed by atoms with Gasteiger partial charge in [-0.3, -0.25) is 14.5 Å². The van der Waals surface area contributed by atoms with Crippen LogP contribution in [0.2, 0.25) is 0 Å². The summed E-state index contributed by atoms with van der Waals surface area (Å²) < 4.78 is 0. The van der Waals surface area contributed by atoms with E-state index in [1.807, 2.05) is 0 Å². The van der Waals surface area contributed by atoms with Crippen molar-refractivity contribution in [2.75, 3.05) is 6.54 Å². The molecule has 1 aliphatic heterocycles. The van der Waals surface area contributed by atoms with Crippen LogP contribution in [-0.4, -0.2) is 23.3 Å². The lowest BCUT2D eigenvalue weighted by Gasteiger charge is -2.25. The van der Waals surface area contributed by atoms with E-state index < -0.39 is 0 Å². The Morgan fingerprint density at radius 3 is 2.33 bits per heavy atom. The Labute approximate surface area is 89.8 Å². The van der Waals surface area contributed by atoms with E-state index in [-0.39, 0.29) is 11.8 Å². The van der Waals surface area contributed by atoms with Crippen LogP contribution < -0.4 is 0 Å². The summed E-state index contributed by atoms with van der Waals surface area (Å²) in [7, 11) is 0.